The van der Waals surface area contributed by atoms with E-state index in [0.29, 0.717) is 33.0 Å². The molecule has 0 amide bonds. The summed E-state index contributed by atoms with van der Waals surface area (Å²) in [6.07, 6.45) is 4.19. The second-order valence-electron chi connectivity index (χ2n) is 8.02. The van der Waals surface area contributed by atoms with Crippen molar-refractivity contribution in [3.8, 4) is 11.8 Å². The number of rotatable bonds is 5. The molecule has 166 valence electrons. The molecule has 1 aliphatic carbocycles. The molecule has 3 heterocycles. The lowest BCUT2D eigenvalue weighted by atomic mass is 10.1. The third-order valence-corrected chi connectivity index (χ3v) is 6.53. The minimum Gasteiger partial charge on any atom is -0.424 e. The third-order valence-electron chi connectivity index (χ3n) is 5.50. The van der Waals surface area contributed by atoms with E-state index in [9.17, 15) is 4.39 Å². The topological polar surface area (TPSA) is 66.4 Å². The zero-order chi connectivity index (χ0) is 22.2. The van der Waals surface area contributed by atoms with Crippen LogP contribution in [0.3, 0.4) is 0 Å². The average molecular weight is 473 g/mol. The van der Waals surface area contributed by atoms with Crippen LogP contribution in [0.5, 0.6) is 11.8 Å². The van der Waals surface area contributed by atoms with E-state index < -0.39 is 0 Å². The number of benzene rings is 1. The molecule has 10 heteroatoms. The van der Waals surface area contributed by atoms with Gasteiger partial charge in [-0.25, -0.2) is 9.37 Å². The van der Waals surface area contributed by atoms with Crippen LogP contribution in [0.15, 0.2) is 30.0 Å². The van der Waals surface area contributed by atoms with Crippen LogP contribution in [0.25, 0.3) is 6.08 Å². The Morgan fingerprint density at radius 2 is 1.97 bits per heavy atom. The number of aromatic nitrogens is 3. The summed E-state index contributed by atoms with van der Waals surface area (Å²) in [6, 6.07) is 5.23. The molecule has 0 spiro atoms. The van der Waals surface area contributed by atoms with Gasteiger partial charge in [0.1, 0.15) is 27.5 Å². The van der Waals surface area contributed by atoms with Crippen LogP contribution in [0, 0.1) is 5.82 Å². The Balaban J connectivity index is 1.46. The minimum atomic E-state index is -0.281. The lowest BCUT2D eigenvalue weighted by Gasteiger charge is -2.33. The summed E-state index contributed by atoms with van der Waals surface area (Å²) in [7, 11) is 2.10. The molecule has 0 bridgehead atoms. The van der Waals surface area contributed by atoms with Crippen LogP contribution in [0.2, 0.25) is 4.34 Å². The third kappa shape index (κ3) is 4.55. The summed E-state index contributed by atoms with van der Waals surface area (Å²) >= 11 is 7.32. The van der Waals surface area contributed by atoms with Crippen molar-refractivity contribution < 1.29 is 9.13 Å². The molecule has 32 heavy (non-hydrogen) atoms. The van der Waals surface area contributed by atoms with Gasteiger partial charge in [-0.2, -0.15) is 9.97 Å². The largest absolute Gasteiger partial charge is 0.424 e. The fourth-order valence-electron chi connectivity index (χ4n) is 3.85. The number of thiazole rings is 1. The first-order valence-corrected chi connectivity index (χ1v) is 11.5. The normalized spacial score (nSPS) is 16.1. The first kappa shape index (κ1) is 21.1. The lowest BCUT2D eigenvalue weighted by Crippen LogP contribution is -2.44. The Bertz CT molecular complexity index is 1190. The number of fused-ring (bicyclic) bond motifs is 1. The second kappa shape index (κ2) is 8.65. The standard InChI is InChI=1S/C22H22ClFN6OS/c1-13-7-14-9-15(10-17(24)16(14)8-13)31-21-26-19(27-22-25-12-18(23)32-22)11-20(28-21)30-5-3-29(2)4-6-30/h7,9-12H,3-6,8H2,1-2H3,(H,25,26,27,28). The summed E-state index contributed by atoms with van der Waals surface area (Å²) in [4.78, 5) is 17.8. The van der Waals surface area contributed by atoms with Crippen LogP contribution in [0.4, 0.5) is 21.2 Å². The van der Waals surface area contributed by atoms with E-state index >= 15 is 0 Å². The number of hydrogen-bond donors (Lipinski definition) is 1. The van der Waals surface area contributed by atoms with Crippen molar-refractivity contribution in [1.82, 2.24) is 19.9 Å². The molecular weight excluding hydrogens is 451 g/mol. The van der Waals surface area contributed by atoms with Gasteiger partial charge in [0.05, 0.1) is 6.20 Å². The van der Waals surface area contributed by atoms with Gasteiger partial charge in [-0.3, -0.25) is 0 Å². The molecule has 7 nitrogen and oxygen atoms in total. The highest BCUT2D eigenvalue weighted by atomic mass is 35.5. The number of nitrogens with zero attached hydrogens (tertiary/aromatic N) is 5. The summed E-state index contributed by atoms with van der Waals surface area (Å²) < 4.78 is 21.1. The van der Waals surface area contributed by atoms with Crippen molar-refractivity contribution in [2.24, 2.45) is 0 Å². The van der Waals surface area contributed by atoms with Gasteiger partial charge < -0.3 is 19.9 Å². The van der Waals surface area contributed by atoms with E-state index in [0.717, 1.165) is 43.1 Å². The predicted molar refractivity (Wildman–Crippen MR) is 126 cm³/mol. The van der Waals surface area contributed by atoms with Crippen molar-refractivity contribution in [2.75, 3.05) is 43.4 Å². The SMILES string of the molecule is CC1=Cc2cc(Oc3nc(Nc4ncc(Cl)s4)cc(N4CCN(C)CC4)n3)cc(F)c2C1. The van der Waals surface area contributed by atoms with Crippen molar-refractivity contribution in [3.63, 3.8) is 0 Å². The molecule has 0 radical (unpaired) electrons. The second-order valence-corrected chi connectivity index (χ2v) is 9.68. The Morgan fingerprint density at radius 3 is 2.72 bits per heavy atom. The molecule has 2 aromatic heterocycles. The number of piperazine rings is 1. The Labute approximate surface area is 194 Å². The molecule has 0 atom stereocenters. The van der Waals surface area contributed by atoms with E-state index in [4.69, 9.17) is 16.3 Å². The molecule has 2 aliphatic rings. The lowest BCUT2D eigenvalue weighted by molar-refractivity contribution is 0.311. The average Bonchev–Trinajstić information content (AvgIpc) is 3.33. The number of likely N-dealkylation sites (N-methyl/N-ethyl adjacent to an activating group) is 1. The van der Waals surface area contributed by atoms with E-state index in [1.807, 2.05) is 25.1 Å². The van der Waals surface area contributed by atoms with Crippen molar-refractivity contribution in [2.45, 2.75) is 13.3 Å². The van der Waals surface area contributed by atoms with Gasteiger partial charge in [-0.1, -0.05) is 34.6 Å². The molecule has 1 N–H and O–H groups in total. The van der Waals surface area contributed by atoms with Crippen molar-refractivity contribution >= 4 is 45.8 Å². The molecule has 0 unspecified atom stereocenters. The van der Waals surface area contributed by atoms with Crippen molar-refractivity contribution in [1.29, 1.82) is 0 Å². The van der Waals surface area contributed by atoms with Gasteiger partial charge in [0.2, 0.25) is 0 Å². The summed E-state index contributed by atoms with van der Waals surface area (Å²) in [5.74, 6) is 1.36. The summed E-state index contributed by atoms with van der Waals surface area (Å²) in [5, 5.41) is 3.79. The number of nitrogens with one attached hydrogen (secondary N) is 1. The highest BCUT2D eigenvalue weighted by Gasteiger charge is 2.20. The van der Waals surface area contributed by atoms with Gasteiger partial charge in [0, 0.05) is 38.3 Å². The van der Waals surface area contributed by atoms with Crippen LogP contribution < -0.4 is 15.0 Å². The first-order chi connectivity index (χ1) is 15.4. The van der Waals surface area contributed by atoms with Crippen LogP contribution in [-0.4, -0.2) is 53.1 Å². The van der Waals surface area contributed by atoms with Gasteiger partial charge in [-0.15, -0.1) is 0 Å². The molecule has 1 saturated heterocycles. The van der Waals surface area contributed by atoms with Gasteiger partial charge in [0.15, 0.2) is 5.13 Å². The number of hydrogen-bond acceptors (Lipinski definition) is 8. The molecular formula is C22H22ClFN6OS. The Kier molecular flexibility index (Phi) is 5.71. The predicted octanol–water partition coefficient (Wildman–Crippen LogP) is 4.97. The zero-order valence-electron chi connectivity index (χ0n) is 17.7. The van der Waals surface area contributed by atoms with Crippen molar-refractivity contribution in [3.05, 3.63) is 51.2 Å². The number of anilines is 3. The molecule has 1 aliphatic heterocycles. The monoisotopic (exact) mass is 472 g/mol. The maximum atomic E-state index is 14.6. The highest BCUT2D eigenvalue weighted by molar-refractivity contribution is 7.19. The van der Waals surface area contributed by atoms with E-state index in [2.05, 4.69) is 37.1 Å². The smallest absolute Gasteiger partial charge is 0.325 e. The summed E-state index contributed by atoms with van der Waals surface area (Å²) in [6.45, 7) is 5.55. The molecule has 1 aromatic carbocycles. The fourth-order valence-corrected chi connectivity index (χ4v) is 4.67. The van der Waals surface area contributed by atoms with Gasteiger partial charge in [-0.05, 0) is 37.6 Å². The molecule has 3 aromatic rings. The maximum absolute atomic E-state index is 14.6. The maximum Gasteiger partial charge on any atom is 0.325 e. The van der Waals surface area contributed by atoms with E-state index in [-0.39, 0.29) is 11.8 Å². The zero-order valence-corrected chi connectivity index (χ0v) is 19.3. The van der Waals surface area contributed by atoms with Crippen LogP contribution in [0.1, 0.15) is 18.1 Å². The number of halogens is 2. The molecule has 0 saturated carbocycles. The Hall–Kier alpha value is -2.75. The van der Waals surface area contributed by atoms with Gasteiger partial charge in [0.25, 0.3) is 0 Å². The van der Waals surface area contributed by atoms with E-state index in [1.54, 1.807) is 6.20 Å². The van der Waals surface area contributed by atoms with Crippen LogP contribution in [-0.2, 0) is 6.42 Å². The molecule has 1 fully saturated rings. The first-order valence-electron chi connectivity index (χ1n) is 10.3. The highest BCUT2D eigenvalue weighted by Crippen LogP contribution is 2.33. The Morgan fingerprint density at radius 1 is 1.16 bits per heavy atom. The van der Waals surface area contributed by atoms with Crippen LogP contribution >= 0.6 is 22.9 Å². The summed E-state index contributed by atoms with van der Waals surface area (Å²) in [5.41, 5.74) is 2.66. The van der Waals surface area contributed by atoms with E-state index in [1.165, 1.54) is 17.4 Å². The van der Waals surface area contributed by atoms with Gasteiger partial charge >= 0.3 is 6.01 Å². The number of ether oxygens (including phenoxy) is 1. The number of allylic oxidation sites excluding steroid dienone is 1. The fraction of sp³-hybridized carbons (Fsp3) is 0.318. The molecule has 5 rings (SSSR count). The quantitative estimate of drug-likeness (QED) is 0.562. The minimum absolute atomic E-state index is 0.143.